The first-order chi connectivity index (χ1) is 11.7. The van der Waals surface area contributed by atoms with Crippen molar-refractivity contribution in [1.29, 1.82) is 0 Å². The van der Waals surface area contributed by atoms with Crippen LogP contribution in [0.25, 0.3) is 0 Å². The Labute approximate surface area is 142 Å². The van der Waals surface area contributed by atoms with E-state index in [-0.39, 0.29) is 29.4 Å². The van der Waals surface area contributed by atoms with Crippen LogP contribution in [0, 0.1) is 0 Å². The first-order valence-electron chi connectivity index (χ1n) is 8.94. The second-order valence-corrected chi connectivity index (χ2v) is 7.20. The van der Waals surface area contributed by atoms with Crippen LogP contribution in [-0.4, -0.2) is 48.1 Å². The van der Waals surface area contributed by atoms with Crippen molar-refractivity contribution in [2.45, 2.75) is 49.7 Å². The summed E-state index contributed by atoms with van der Waals surface area (Å²) in [7, 11) is 0. The lowest BCUT2D eigenvalue weighted by atomic mass is 9.74. The monoisotopic (exact) mass is 328 g/mol. The van der Waals surface area contributed by atoms with Gasteiger partial charge < -0.3 is 15.0 Å². The minimum atomic E-state index is -0.248. The highest BCUT2D eigenvalue weighted by molar-refractivity contribution is 5.83. The van der Waals surface area contributed by atoms with Crippen LogP contribution in [0.2, 0.25) is 0 Å². The van der Waals surface area contributed by atoms with Crippen LogP contribution in [0.3, 0.4) is 0 Å². The third kappa shape index (κ3) is 2.71. The van der Waals surface area contributed by atoms with Gasteiger partial charge in [0.25, 0.3) is 5.91 Å². The molecule has 0 radical (unpaired) electrons. The molecule has 3 heterocycles. The summed E-state index contributed by atoms with van der Waals surface area (Å²) in [4.78, 5) is 26.6. The molecule has 1 aromatic rings. The number of nitrogens with one attached hydrogen (secondary N) is 1. The standard InChI is InChI=1S/C19H24N2O3/c22-17-13-15(14-5-2-1-3-6-14)19(20-17)8-10-21(11-9-19)18(23)16-7-4-12-24-16/h1-3,5-6,15-16H,4,7-13H2,(H,20,22)/t15?,16-/m0/s1. The number of likely N-dealkylation sites (tertiary alicyclic amines) is 1. The quantitative estimate of drug-likeness (QED) is 0.901. The fourth-order valence-electron chi connectivity index (χ4n) is 4.49. The zero-order valence-electron chi connectivity index (χ0n) is 13.9. The summed E-state index contributed by atoms with van der Waals surface area (Å²) in [5.74, 6) is 0.455. The Morgan fingerprint density at radius 1 is 1.21 bits per heavy atom. The van der Waals surface area contributed by atoms with Crippen LogP contribution < -0.4 is 5.32 Å². The lowest BCUT2D eigenvalue weighted by molar-refractivity contribution is -0.142. The van der Waals surface area contributed by atoms with Gasteiger partial charge in [0.2, 0.25) is 5.91 Å². The lowest BCUT2D eigenvalue weighted by Crippen LogP contribution is -2.55. The molecule has 3 fully saturated rings. The summed E-state index contributed by atoms with van der Waals surface area (Å²) in [6.07, 6.45) is 3.74. The topological polar surface area (TPSA) is 58.6 Å². The Kier molecular flexibility index (Phi) is 4.04. The molecule has 1 unspecified atom stereocenters. The summed E-state index contributed by atoms with van der Waals surface area (Å²) in [5, 5.41) is 3.24. The first kappa shape index (κ1) is 15.6. The van der Waals surface area contributed by atoms with Crippen LogP contribution in [0.4, 0.5) is 0 Å². The van der Waals surface area contributed by atoms with E-state index in [0.29, 0.717) is 26.1 Å². The van der Waals surface area contributed by atoms with E-state index >= 15 is 0 Å². The van der Waals surface area contributed by atoms with E-state index in [9.17, 15) is 9.59 Å². The Balaban J connectivity index is 1.48. The molecule has 0 bridgehead atoms. The number of hydrogen-bond donors (Lipinski definition) is 1. The van der Waals surface area contributed by atoms with Crippen molar-refractivity contribution >= 4 is 11.8 Å². The van der Waals surface area contributed by atoms with E-state index in [0.717, 1.165) is 25.7 Å². The Morgan fingerprint density at radius 2 is 1.96 bits per heavy atom. The van der Waals surface area contributed by atoms with Gasteiger partial charge >= 0.3 is 0 Å². The first-order valence-corrected chi connectivity index (χ1v) is 8.94. The van der Waals surface area contributed by atoms with Gasteiger partial charge in [-0.1, -0.05) is 30.3 Å². The van der Waals surface area contributed by atoms with Crippen molar-refractivity contribution in [2.75, 3.05) is 19.7 Å². The molecular formula is C19H24N2O3. The molecular weight excluding hydrogens is 304 g/mol. The van der Waals surface area contributed by atoms with Gasteiger partial charge in [0.05, 0.1) is 5.54 Å². The van der Waals surface area contributed by atoms with E-state index in [1.807, 2.05) is 23.1 Å². The molecule has 1 aromatic carbocycles. The predicted octanol–water partition coefficient (Wildman–Crippen LogP) is 1.83. The number of hydrogen-bond acceptors (Lipinski definition) is 3. The maximum Gasteiger partial charge on any atom is 0.251 e. The molecule has 5 nitrogen and oxygen atoms in total. The zero-order chi connectivity index (χ0) is 16.6. The molecule has 0 saturated carbocycles. The van der Waals surface area contributed by atoms with E-state index in [1.165, 1.54) is 5.56 Å². The van der Waals surface area contributed by atoms with Gasteiger partial charge in [0.15, 0.2) is 0 Å². The van der Waals surface area contributed by atoms with Crippen molar-refractivity contribution in [3.63, 3.8) is 0 Å². The van der Waals surface area contributed by atoms with Gasteiger partial charge in [-0.05, 0) is 31.2 Å². The number of nitrogens with zero attached hydrogens (tertiary/aromatic N) is 1. The smallest absolute Gasteiger partial charge is 0.251 e. The molecule has 1 N–H and O–H groups in total. The largest absolute Gasteiger partial charge is 0.368 e. The van der Waals surface area contributed by atoms with Crippen molar-refractivity contribution in [3.8, 4) is 0 Å². The van der Waals surface area contributed by atoms with Gasteiger partial charge in [-0.25, -0.2) is 0 Å². The highest BCUT2D eigenvalue weighted by atomic mass is 16.5. The maximum absolute atomic E-state index is 12.5. The predicted molar refractivity (Wildman–Crippen MR) is 89.5 cm³/mol. The van der Waals surface area contributed by atoms with Crippen LogP contribution in [0.1, 0.15) is 43.6 Å². The van der Waals surface area contributed by atoms with Crippen LogP contribution >= 0.6 is 0 Å². The van der Waals surface area contributed by atoms with E-state index < -0.39 is 0 Å². The summed E-state index contributed by atoms with van der Waals surface area (Å²) in [5.41, 5.74) is 1.01. The molecule has 2 amide bonds. The number of piperidine rings is 1. The third-order valence-electron chi connectivity index (χ3n) is 5.82. The number of rotatable bonds is 2. The fourth-order valence-corrected chi connectivity index (χ4v) is 4.49. The van der Waals surface area contributed by atoms with Gasteiger partial charge in [0, 0.05) is 32.0 Å². The molecule has 3 saturated heterocycles. The van der Waals surface area contributed by atoms with Gasteiger partial charge in [-0.15, -0.1) is 0 Å². The zero-order valence-corrected chi connectivity index (χ0v) is 13.9. The molecule has 2 atom stereocenters. The number of amides is 2. The van der Waals surface area contributed by atoms with Gasteiger partial charge in [-0.2, -0.15) is 0 Å². The molecule has 0 aliphatic carbocycles. The highest BCUT2D eigenvalue weighted by Crippen LogP contribution is 2.43. The molecule has 4 rings (SSSR count). The molecule has 1 spiro atoms. The average Bonchev–Trinajstić information content (AvgIpc) is 3.24. The maximum atomic E-state index is 12.5. The van der Waals surface area contributed by atoms with Crippen molar-refractivity contribution in [1.82, 2.24) is 10.2 Å². The fraction of sp³-hybridized carbons (Fsp3) is 0.579. The summed E-state index contributed by atoms with van der Waals surface area (Å²) >= 11 is 0. The lowest BCUT2D eigenvalue weighted by Gasteiger charge is -2.43. The SMILES string of the molecule is O=C1CC(c2ccccc2)C2(CCN(C(=O)[C@@H]3CCCO3)CC2)N1. The van der Waals surface area contributed by atoms with Crippen molar-refractivity contribution in [2.24, 2.45) is 0 Å². The summed E-state index contributed by atoms with van der Waals surface area (Å²) < 4.78 is 5.53. The average molecular weight is 328 g/mol. The minimum absolute atomic E-state index is 0.128. The molecule has 128 valence electrons. The number of carbonyl (C=O) groups is 2. The molecule has 3 aliphatic rings. The summed E-state index contributed by atoms with van der Waals surface area (Å²) in [6.45, 7) is 2.09. The Morgan fingerprint density at radius 3 is 2.62 bits per heavy atom. The van der Waals surface area contributed by atoms with Crippen LogP contribution in [0.5, 0.6) is 0 Å². The Hall–Kier alpha value is -1.88. The second kappa shape index (κ2) is 6.20. The molecule has 0 aromatic heterocycles. The van der Waals surface area contributed by atoms with E-state index in [1.54, 1.807) is 0 Å². The molecule has 24 heavy (non-hydrogen) atoms. The second-order valence-electron chi connectivity index (χ2n) is 7.20. The number of ether oxygens (including phenoxy) is 1. The normalized spacial score (nSPS) is 29.0. The van der Waals surface area contributed by atoms with E-state index in [2.05, 4.69) is 17.4 Å². The van der Waals surface area contributed by atoms with Gasteiger partial charge in [0.1, 0.15) is 6.10 Å². The van der Waals surface area contributed by atoms with Crippen LogP contribution in [-0.2, 0) is 14.3 Å². The Bertz CT molecular complexity index is 617. The molecule has 5 heteroatoms. The highest BCUT2D eigenvalue weighted by Gasteiger charge is 2.49. The van der Waals surface area contributed by atoms with Crippen molar-refractivity contribution in [3.05, 3.63) is 35.9 Å². The minimum Gasteiger partial charge on any atom is -0.368 e. The van der Waals surface area contributed by atoms with Gasteiger partial charge in [-0.3, -0.25) is 9.59 Å². The summed E-state index contributed by atoms with van der Waals surface area (Å²) in [6, 6.07) is 10.3. The van der Waals surface area contributed by atoms with E-state index in [4.69, 9.17) is 4.74 Å². The van der Waals surface area contributed by atoms with Crippen LogP contribution in [0.15, 0.2) is 30.3 Å². The number of benzene rings is 1. The number of carbonyl (C=O) groups excluding carboxylic acids is 2. The van der Waals surface area contributed by atoms with Crippen molar-refractivity contribution < 1.29 is 14.3 Å². The molecule has 3 aliphatic heterocycles. The third-order valence-corrected chi connectivity index (χ3v) is 5.82.